The number of nitrogens with zero attached hydrogens (tertiary/aromatic N) is 2. The van der Waals surface area contributed by atoms with E-state index in [0.29, 0.717) is 12.5 Å². The average Bonchev–Trinajstić information content (AvgIpc) is 3.27. The number of hydrogen-bond acceptors (Lipinski definition) is 3. The molecule has 0 bridgehead atoms. The number of guanidine groups is 1. The third-order valence-electron chi connectivity index (χ3n) is 3.24. The Hall–Kier alpha value is -1.56. The zero-order valence-electron chi connectivity index (χ0n) is 14.2. The lowest BCUT2D eigenvalue weighted by Crippen LogP contribution is -2.39. The van der Waals surface area contributed by atoms with Crippen molar-refractivity contribution in [1.82, 2.24) is 15.5 Å². The number of hydrogen-bond donors (Lipinski definition) is 2. The molecule has 22 heavy (non-hydrogen) atoms. The first-order valence-electron chi connectivity index (χ1n) is 7.93. The Labute approximate surface area is 134 Å². The van der Waals surface area contributed by atoms with Crippen molar-refractivity contribution >= 4 is 11.9 Å². The van der Waals surface area contributed by atoms with Crippen molar-refractivity contribution in [3.05, 3.63) is 12.2 Å². The summed E-state index contributed by atoms with van der Waals surface area (Å²) in [6, 6.07) is 0. The SMILES string of the molecule is C=C(C)CNC(=NCC(=O)N(C)C)NCCCOCC1CC1. The van der Waals surface area contributed by atoms with Crippen LogP contribution in [-0.2, 0) is 9.53 Å². The van der Waals surface area contributed by atoms with Gasteiger partial charge in [-0.05, 0) is 32.1 Å². The first-order valence-corrected chi connectivity index (χ1v) is 7.93. The summed E-state index contributed by atoms with van der Waals surface area (Å²) >= 11 is 0. The van der Waals surface area contributed by atoms with E-state index in [4.69, 9.17) is 4.74 Å². The van der Waals surface area contributed by atoms with Crippen LogP contribution in [-0.4, -0.2) is 63.7 Å². The lowest BCUT2D eigenvalue weighted by Gasteiger charge is -2.14. The van der Waals surface area contributed by atoms with Crippen LogP contribution in [0.3, 0.4) is 0 Å². The molecule has 0 aromatic rings. The van der Waals surface area contributed by atoms with Gasteiger partial charge in [0, 0.05) is 40.4 Å². The van der Waals surface area contributed by atoms with Gasteiger partial charge in [-0.3, -0.25) is 4.79 Å². The molecule has 0 unspecified atom stereocenters. The summed E-state index contributed by atoms with van der Waals surface area (Å²) < 4.78 is 5.59. The maximum atomic E-state index is 11.6. The minimum absolute atomic E-state index is 0.0239. The van der Waals surface area contributed by atoms with Crippen molar-refractivity contribution in [2.45, 2.75) is 26.2 Å². The number of nitrogens with one attached hydrogen (secondary N) is 2. The maximum Gasteiger partial charge on any atom is 0.243 e. The Bertz CT molecular complexity index is 390. The van der Waals surface area contributed by atoms with Gasteiger partial charge in [0.05, 0.1) is 0 Å². The number of likely N-dealkylation sites (N-methyl/N-ethyl adjacent to an activating group) is 1. The molecule has 1 fully saturated rings. The van der Waals surface area contributed by atoms with E-state index >= 15 is 0 Å². The zero-order chi connectivity index (χ0) is 16.4. The van der Waals surface area contributed by atoms with Crippen LogP contribution in [0.5, 0.6) is 0 Å². The van der Waals surface area contributed by atoms with Gasteiger partial charge >= 0.3 is 0 Å². The monoisotopic (exact) mass is 310 g/mol. The fourth-order valence-corrected chi connectivity index (χ4v) is 1.61. The molecular weight excluding hydrogens is 280 g/mol. The molecule has 0 aromatic heterocycles. The summed E-state index contributed by atoms with van der Waals surface area (Å²) in [7, 11) is 3.45. The summed E-state index contributed by atoms with van der Waals surface area (Å²) in [6.07, 6.45) is 3.56. The quantitative estimate of drug-likeness (QED) is 0.273. The van der Waals surface area contributed by atoms with Gasteiger partial charge in [0.2, 0.25) is 5.91 Å². The number of ether oxygens (including phenoxy) is 1. The molecule has 1 saturated carbocycles. The van der Waals surface area contributed by atoms with Gasteiger partial charge in [-0.2, -0.15) is 0 Å². The minimum Gasteiger partial charge on any atom is -0.381 e. The molecule has 1 aliphatic carbocycles. The highest BCUT2D eigenvalue weighted by atomic mass is 16.5. The van der Waals surface area contributed by atoms with Gasteiger partial charge in [-0.15, -0.1) is 0 Å². The highest BCUT2D eigenvalue weighted by Crippen LogP contribution is 2.28. The lowest BCUT2D eigenvalue weighted by atomic mass is 10.3. The Kier molecular flexibility index (Phi) is 8.58. The number of carbonyl (C=O) groups excluding carboxylic acids is 1. The largest absolute Gasteiger partial charge is 0.381 e. The zero-order valence-corrected chi connectivity index (χ0v) is 14.2. The fraction of sp³-hybridized carbons (Fsp3) is 0.750. The van der Waals surface area contributed by atoms with Crippen molar-refractivity contribution < 1.29 is 9.53 Å². The van der Waals surface area contributed by atoms with E-state index in [1.807, 2.05) is 6.92 Å². The Balaban J connectivity index is 2.24. The molecule has 0 atom stereocenters. The topological polar surface area (TPSA) is 66.0 Å². The van der Waals surface area contributed by atoms with Gasteiger partial charge in [0.25, 0.3) is 0 Å². The van der Waals surface area contributed by atoms with Crippen molar-refractivity contribution in [2.75, 3.05) is 46.9 Å². The minimum atomic E-state index is -0.0239. The molecule has 126 valence electrons. The van der Waals surface area contributed by atoms with Crippen LogP contribution >= 0.6 is 0 Å². The highest BCUT2D eigenvalue weighted by molar-refractivity contribution is 5.84. The van der Waals surface area contributed by atoms with E-state index in [0.717, 1.165) is 37.7 Å². The molecule has 2 N–H and O–H groups in total. The molecule has 0 saturated heterocycles. The van der Waals surface area contributed by atoms with Crippen LogP contribution in [0.15, 0.2) is 17.1 Å². The van der Waals surface area contributed by atoms with Crippen LogP contribution in [0.25, 0.3) is 0 Å². The Morgan fingerprint density at radius 3 is 2.68 bits per heavy atom. The maximum absolute atomic E-state index is 11.6. The molecule has 0 heterocycles. The molecule has 0 spiro atoms. The summed E-state index contributed by atoms with van der Waals surface area (Å²) in [6.45, 7) is 8.99. The Morgan fingerprint density at radius 2 is 2.09 bits per heavy atom. The molecule has 6 heteroatoms. The van der Waals surface area contributed by atoms with Crippen molar-refractivity contribution in [1.29, 1.82) is 0 Å². The van der Waals surface area contributed by atoms with E-state index in [9.17, 15) is 4.79 Å². The van der Waals surface area contributed by atoms with Gasteiger partial charge in [0.15, 0.2) is 5.96 Å². The predicted octanol–water partition coefficient (Wildman–Crippen LogP) is 1.00. The summed E-state index contributed by atoms with van der Waals surface area (Å²) in [4.78, 5) is 17.4. The fourth-order valence-electron chi connectivity index (χ4n) is 1.61. The van der Waals surface area contributed by atoms with Gasteiger partial charge in [-0.1, -0.05) is 12.2 Å². The average molecular weight is 310 g/mol. The summed E-state index contributed by atoms with van der Waals surface area (Å²) in [5.74, 6) is 1.42. The summed E-state index contributed by atoms with van der Waals surface area (Å²) in [5, 5.41) is 6.38. The van der Waals surface area contributed by atoms with Gasteiger partial charge < -0.3 is 20.3 Å². The standard InChI is InChI=1S/C16H30N4O2/c1-13(2)10-18-16(19-11-15(21)20(3)4)17-8-5-9-22-12-14-6-7-14/h14H,1,5-12H2,2-4H3,(H2,17,18,19). The molecular formula is C16H30N4O2. The van der Waals surface area contributed by atoms with Gasteiger partial charge in [0.1, 0.15) is 6.54 Å². The molecule has 0 aliphatic heterocycles. The van der Waals surface area contributed by atoms with Gasteiger partial charge in [-0.25, -0.2) is 4.99 Å². The van der Waals surface area contributed by atoms with E-state index in [-0.39, 0.29) is 12.5 Å². The molecule has 6 nitrogen and oxygen atoms in total. The highest BCUT2D eigenvalue weighted by Gasteiger charge is 2.20. The van der Waals surface area contributed by atoms with Crippen molar-refractivity contribution in [3.8, 4) is 0 Å². The first kappa shape index (κ1) is 18.5. The van der Waals surface area contributed by atoms with E-state index in [2.05, 4.69) is 22.2 Å². The lowest BCUT2D eigenvalue weighted by molar-refractivity contribution is -0.127. The first-order chi connectivity index (χ1) is 10.5. The second kappa shape index (κ2) is 10.2. The second-order valence-electron chi connectivity index (χ2n) is 6.06. The van der Waals surface area contributed by atoms with Crippen LogP contribution < -0.4 is 10.6 Å². The molecule has 0 radical (unpaired) electrons. The number of aliphatic imine (C=N–C) groups is 1. The van der Waals surface area contributed by atoms with Crippen LogP contribution in [0.4, 0.5) is 0 Å². The van der Waals surface area contributed by atoms with E-state index in [1.165, 1.54) is 17.7 Å². The van der Waals surface area contributed by atoms with E-state index < -0.39 is 0 Å². The Morgan fingerprint density at radius 1 is 1.36 bits per heavy atom. The van der Waals surface area contributed by atoms with Crippen molar-refractivity contribution in [3.63, 3.8) is 0 Å². The predicted molar refractivity (Wildman–Crippen MR) is 90.0 cm³/mol. The second-order valence-corrected chi connectivity index (χ2v) is 6.06. The van der Waals surface area contributed by atoms with Crippen molar-refractivity contribution in [2.24, 2.45) is 10.9 Å². The third-order valence-corrected chi connectivity index (χ3v) is 3.24. The number of amides is 1. The number of rotatable bonds is 10. The van der Waals surface area contributed by atoms with Crippen LogP contribution in [0, 0.1) is 5.92 Å². The normalized spacial score (nSPS) is 14.6. The summed E-state index contributed by atoms with van der Waals surface area (Å²) in [5.41, 5.74) is 1.02. The van der Waals surface area contributed by atoms with Crippen LogP contribution in [0.1, 0.15) is 26.2 Å². The van der Waals surface area contributed by atoms with E-state index in [1.54, 1.807) is 14.1 Å². The molecule has 1 aliphatic rings. The number of carbonyl (C=O) groups is 1. The third kappa shape index (κ3) is 9.39. The smallest absolute Gasteiger partial charge is 0.243 e. The molecule has 0 aromatic carbocycles. The molecule has 1 amide bonds. The molecule has 1 rings (SSSR count). The van der Waals surface area contributed by atoms with Crippen LogP contribution in [0.2, 0.25) is 0 Å².